The van der Waals surface area contributed by atoms with E-state index >= 15 is 0 Å². The van der Waals surface area contributed by atoms with Crippen LogP contribution in [0.15, 0.2) is 27.9 Å². The van der Waals surface area contributed by atoms with E-state index in [9.17, 15) is 9.59 Å². The highest BCUT2D eigenvalue weighted by molar-refractivity contribution is 5.52. The predicted octanol–water partition coefficient (Wildman–Crippen LogP) is 1.62. The Labute approximate surface area is 116 Å². The lowest BCUT2D eigenvalue weighted by Crippen LogP contribution is -2.40. The van der Waals surface area contributed by atoms with E-state index < -0.39 is 11.4 Å². The number of fused-ring (bicyclic) bond motifs is 1. The summed E-state index contributed by atoms with van der Waals surface area (Å²) in [6.07, 6.45) is 3.52. The van der Waals surface area contributed by atoms with Crippen molar-refractivity contribution in [3.8, 4) is 5.75 Å². The van der Waals surface area contributed by atoms with Crippen molar-refractivity contribution < 1.29 is 4.74 Å². The maximum Gasteiger partial charge on any atom is 0.354 e. The topological polar surface area (TPSA) is 65.6 Å². The second-order valence-electron chi connectivity index (χ2n) is 4.91. The van der Waals surface area contributed by atoms with E-state index in [2.05, 4.69) is 11.9 Å². The van der Waals surface area contributed by atoms with Crippen LogP contribution in [-0.2, 0) is 0 Å². The van der Waals surface area contributed by atoms with E-state index in [-0.39, 0.29) is 11.7 Å². The predicted molar refractivity (Wildman–Crippen MR) is 76.5 cm³/mol. The highest BCUT2D eigenvalue weighted by Gasteiger charge is 2.13. The van der Waals surface area contributed by atoms with Crippen LogP contribution in [0.2, 0.25) is 0 Å². The lowest BCUT2D eigenvalue weighted by molar-refractivity contribution is 0.310. The number of aromatic nitrogens is 3. The zero-order chi connectivity index (χ0) is 14.7. The fourth-order valence-corrected chi connectivity index (χ4v) is 1.97. The van der Waals surface area contributed by atoms with Crippen LogP contribution in [-0.4, -0.2) is 20.6 Å². The minimum Gasteiger partial charge on any atom is -0.490 e. The normalized spacial score (nSPS) is 11.2. The fraction of sp³-hybridized carbons (Fsp3) is 0.500. The van der Waals surface area contributed by atoms with Gasteiger partial charge < -0.3 is 4.74 Å². The summed E-state index contributed by atoms with van der Waals surface area (Å²) in [6.45, 7) is 6.16. The van der Waals surface area contributed by atoms with Gasteiger partial charge in [-0.15, -0.1) is 0 Å². The van der Waals surface area contributed by atoms with E-state index in [1.807, 2.05) is 0 Å². The molecule has 0 saturated carbocycles. The molecular weight excluding hydrogens is 258 g/mol. The third-order valence-corrected chi connectivity index (χ3v) is 3.02. The molecular formula is C14H19N3O3. The van der Waals surface area contributed by atoms with Gasteiger partial charge in [0.05, 0.1) is 6.61 Å². The van der Waals surface area contributed by atoms with Crippen LogP contribution in [0.5, 0.6) is 5.75 Å². The molecule has 6 heteroatoms. The quantitative estimate of drug-likeness (QED) is 0.779. The molecule has 0 amide bonds. The van der Waals surface area contributed by atoms with Gasteiger partial charge in [-0.1, -0.05) is 13.3 Å². The molecule has 2 heterocycles. The average molecular weight is 277 g/mol. The SMILES string of the molecule is CCCCOc1cccn2c(=O)n(C(C)C)c(=O)nc12. The summed E-state index contributed by atoms with van der Waals surface area (Å²) < 4.78 is 8.08. The zero-order valence-corrected chi connectivity index (χ0v) is 12.0. The summed E-state index contributed by atoms with van der Waals surface area (Å²) in [5.74, 6) is 0.464. The number of hydrogen-bond acceptors (Lipinski definition) is 4. The molecule has 0 fully saturated rings. The number of unbranched alkanes of at least 4 members (excludes halogenated alkanes) is 1. The van der Waals surface area contributed by atoms with E-state index in [0.717, 1.165) is 17.4 Å². The Bertz CT molecular complexity index is 716. The smallest absolute Gasteiger partial charge is 0.354 e. The third kappa shape index (κ3) is 2.59. The van der Waals surface area contributed by atoms with Gasteiger partial charge in [0.1, 0.15) is 0 Å². The largest absolute Gasteiger partial charge is 0.490 e. The molecule has 0 atom stereocenters. The molecule has 0 aliphatic heterocycles. The van der Waals surface area contributed by atoms with Crippen molar-refractivity contribution >= 4 is 5.65 Å². The van der Waals surface area contributed by atoms with Crippen molar-refractivity contribution in [3.05, 3.63) is 39.3 Å². The molecule has 2 aromatic rings. The van der Waals surface area contributed by atoms with Crippen LogP contribution in [0.1, 0.15) is 39.7 Å². The fourth-order valence-electron chi connectivity index (χ4n) is 1.97. The van der Waals surface area contributed by atoms with Gasteiger partial charge in [-0.25, -0.2) is 18.6 Å². The van der Waals surface area contributed by atoms with E-state index in [1.165, 1.54) is 4.40 Å². The molecule has 0 aliphatic carbocycles. The van der Waals surface area contributed by atoms with E-state index in [0.29, 0.717) is 12.4 Å². The van der Waals surface area contributed by atoms with Crippen LogP contribution in [0.25, 0.3) is 5.65 Å². The Balaban J connectivity index is 2.59. The van der Waals surface area contributed by atoms with Crippen LogP contribution >= 0.6 is 0 Å². The van der Waals surface area contributed by atoms with Gasteiger partial charge >= 0.3 is 11.4 Å². The molecule has 108 valence electrons. The molecule has 0 bridgehead atoms. The Morgan fingerprint density at radius 1 is 1.35 bits per heavy atom. The van der Waals surface area contributed by atoms with E-state index in [4.69, 9.17) is 4.74 Å². The molecule has 2 aromatic heterocycles. The van der Waals surface area contributed by atoms with Crippen LogP contribution in [0.3, 0.4) is 0 Å². The lowest BCUT2D eigenvalue weighted by atomic mass is 10.3. The van der Waals surface area contributed by atoms with Gasteiger partial charge in [0.2, 0.25) is 0 Å². The van der Waals surface area contributed by atoms with Gasteiger partial charge in [-0.2, -0.15) is 4.98 Å². The summed E-state index contributed by atoms with van der Waals surface area (Å²) >= 11 is 0. The first kappa shape index (κ1) is 14.3. The molecule has 0 spiro atoms. The van der Waals surface area contributed by atoms with Gasteiger partial charge in [0.25, 0.3) is 0 Å². The molecule has 20 heavy (non-hydrogen) atoms. The average Bonchev–Trinajstić information content (AvgIpc) is 2.39. The first-order chi connectivity index (χ1) is 9.56. The second kappa shape index (κ2) is 5.90. The maximum atomic E-state index is 12.3. The number of pyridine rings is 1. The third-order valence-electron chi connectivity index (χ3n) is 3.02. The highest BCUT2D eigenvalue weighted by Crippen LogP contribution is 2.15. The minimum atomic E-state index is -0.545. The zero-order valence-electron chi connectivity index (χ0n) is 12.0. The van der Waals surface area contributed by atoms with Gasteiger partial charge in [0.15, 0.2) is 11.4 Å². The number of ether oxygens (including phenoxy) is 1. The Hall–Kier alpha value is -2.11. The second-order valence-corrected chi connectivity index (χ2v) is 4.91. The molecule has 0 N–H and O–H groups in total. The minimum absolute atomic E-state index is 0.232. The number of nitrogens with zero attached hydrogens (tertiary/aromatic N) is 3. The maximum absolute atomic E-state index is 12.3. The first-order valence-corrected chi connectivity index (χ1v) is 6.83. The van der Waals surface area contributed by atoms with Gasteiger partial charge in [0, 0.05) is 12.2 Å². The van der Waals surface area contributed by atoms with Gasteiger partial charge in [-0.3, -0.25) is 0 Å². The molecule has 2 rings (SSSR count). The van der Waals surface area contributed by atoms with Crippen molar-refractivity contribution in [1.29, 1.82) is 0 Å². The van der Waals surface area contributed by atoms with Crippen molar-refractivity contribution in [2.75, 3.05) is 6.61 Å². The Kier molecular flexibility index (Phi) is 4.22. The van der Waals surface area contributed by atoms with Gasteiger partial charge in [-0.05, 0) is 32.4 Å². The summed E-state index contributed by atoms with van der Waals surface area (Å²) in [6, 6.07) is 3.20. The van der Waals surface area contributed by atoms with Crippen molar-refractivity contribution in [2.24, 2.45) is 0 Å². The molecule has 0 saturated heterocycles. The Morgan fingerprint density at radius 2 is 2.10 bits per heavy atom. The molecule has 0 radical (unpaired) electrons. The lowest BCUT2D eigenvalue weighted by Gasteiger charge is -2.12. The van der Waals surface area contributed by atoms with Crippen LogP contribution in [0.4, 0.5) is 0 Å². The first-order valence-electron chi connectivity index (χ1n) is 6.83. The summed E-state index contributed by atoms with van der Waals surface area (Å²) in [4.78, 5) is 28.2. The standard InChI is InChI=1S/C14H19N3O3/c1-4-5-9-20-11-7-6-8-16-12(11)15-13(18)17(10(2)3)14(16)19/h6-8,10H,4-5,9H2,1-3H3. The molecule has 0 aromatic carbocycles. The molecule has 6 nitrogen and oxygen atoms in total. The summed E-state index contributed by atoms with van der Waals surface area (Å²) in [7, 11) is 0. The van der Waals surface area contributed by atoms with E-state index in [1.54, 1.807) is 32.2 Å². The summed E-state index contributed by atoms with van der Waals surface area (Å²) in [5.41, 5.74) is -0.664. The number of rotatable bonds is 5. The van der Waals surface area contributed by atoms with Crippen molar-refractivity contribution in [2.45, 2.75) is 39.7 Å². The monoisotopic (exact) mass is 277 g/mol. The van der Waals surface area contributed by atoms with Crippen LogP contribution < -0.4 is 16.1 Å². The molecule has 0 aliphatic rings. The molecule has 0 unspecified atom stereocenters. The highest BCUT2D eigenvalue weighted by atomic mass is 16.5. The Morgan fingerprint density at radius 3 is 2.75 bits per heavy atom. The van der Waals surface area contributed by atoms with Crippen molar-refractivity contribution in [3.63, 3.8) is 0 Å². The van der Waals surface area contributed by atoms with Crippen molar-refractivity contribution in [1.82, 2.24) is 14.0 Å². The summed E-state index contributed by atoms with van der Waals surface area (Å²) in [5, 5.41) is 0. The number of hydrogen-bond donors (Lipinski definition) is 0. The van der Waals surface area contributed by atoms with Crippen LogP contribution in [0, 0.1) is 0 Å².